The van der Waals surface area contributed by atoms with Crippen LogP contribution in [0.15, 0.2) is 24.3 Å². The predicted octanol–water partition coefficient (Wildman–Crippen LogP) is 2.58. The van der Waals surface area contributed by atoms with Gasteiger partial charge < -0.3 is 14.8 Å². The number of carbonyl (C=O) groups excluding carboxylic acids is 5. The topological polar surface area (TPSA) is 119 Å². The molecule has 1 aromatic carbocycles. The molecule has 4 rings (SSSR count). The van der Waals surface area contributed by atoms with Crippen molar-refractivity contribution in [2.75, 3.05) is 18.5 Å². The predicted molar refractivity (Wildman–Crippen MR) is 118 cm³/mol. The summed E-state index contributed by atoms with van der Waals surface area (Å²) in [5, 5.41) is 3.00. The molecular weight excluding hydrogens is 448 g/mol. The van der Waals surface area contributed by atoms with E-state index in [0.717, 1.165) is 34.6 Å². The zero-order valence-electron chi connectivity index (χ0n) is 18.1. The number of aryl methyl sites for hydroxylation is 1. The first kappa shape index (κ1) is 22.7. The number of hydrogen-bond donors (Lipinski definition) is 1. The van der Waals surface area contributed by atoms with Crippen molar-refractivity contribution in [3.63, 3.8) is 0 Å². The largest absolute Gasteiger partial charge is 0.462 e. The molecule has 1 atom stereocenters. The smallest absolute Gasteiger partial charge is 0.341 e. The molecule has 2 aliphatic rings. The summed E-state index contributed by atoms with van der Waals surface area (Å²) in [7, 11) is 0. The second-order valence-corrected chi connectivity index (χ2v) is 8.74. The Bertz CT molecular complexity index is 1130. The van der Waals surface area contributed by atoms with Gasteiger partial charge in [-0.1, -0.05) is 12.1 Å². The van der Waals surface area contributed by atoms with Crippen LogP contribution in [0.2, 0.25) is 0 Å². The van der Waals surface area contributed by atoms with E-state index in [1.807, 2.05) is 0 Å². The molecule has 1 N–H and O–H groups in total. The number of anilines is 1. The van der Waals surface area contributed by atoms with Gasteiger partial charge in [0, 0.05) is 4.88 Å². The van der Waals surface area contributed by atoms with Gasteiger partial charge in [0.1, 0.15) is 11.0 Å². The van der Waals surface area contributed by atoms with Crippen LogP contribution in [0.25, 0.3) is 0 Å². The van der Waals surface area contributed by atoms with E-state index in [1.165, 1.54) is 30.4 Å². The first-order valence-corrected chi connectivity index (χ1v) is 11.4. The second kappa shape index (κ2) is 9.14. The number of nitrogens with one attached hydrogen (secondary N) is 1. The molecule has 172 valence electrons. The molecule has 2 heterocycles. The fraction of sp³-hybridized carbons (Fsp3) is 0.348. The normalized spacial score (nSPS) is 15.2. The van der Waals surface area contributed by atoms with E-state index in [0.29, 0.717) is 10.6 Å². The fourth-order valence-corrected chi connectivity index (χ4v) is 5.29. The number of hydrogen-bond acceptors (Lipinski definition) is 8. The number of imide groups is 1. The number of fused-ring (bicyclic) bond motifs is 2. The van der Waals surface area contributed by atoms with Crippen LogP contribution in [0.4, 0.5) is 5.00 Å². The molecule has 33 heavy (non-hydrogen) atoms. The molecule has 9 nitrogen and oxygen atoms in total. The summed E-state index contributed by atoms with van der Waals surface area (Å²) >= 11 is 1.31. The maximum Gasteiger partial charge on any atom is 0.341 e. The van der Waals surface area contributed by atoms with Crippen molar-refractivity contribution in [2.24, 2.45) is 0 Å². The lowest BCUT2D eigenvalue weighted by atomic mass is 10.1. The highest BCUT2D eigenvalue weighted by Crippen LogP contribution is 2.39. The van der Waals surface area contributed by atoms with Gasteiger partial charge in [0.15, 0.2) is 6.61 Å². The van der Waals surface area contributed by atoms with Gasteiger partial charge in [-0.2, -0.15) is 0 Å². The molecule has 10 heteroatoms. The minimum atomic E-state index is -1.20. The van der Waals surface area contributed by atoms with Crippen molar-refractivity contribution in [1.29, 1.82) is 0 Å². The molecule has 0 radical (unpaired) electrons. The second-order valence-electron chi connectivity index (χ2n) is 7.64. The Labute approximate surface area is 193 Å². The maximum absolute atomic E-state index is 12.5. The van der Waals surface area contributed by atoms with Crippen LogP contribution in [-0.2, 0) is 31.9 Å². The Morgan fingerprint density at radius 2 is 1.76 bits per heavy atom. The van der Waals surface area contributed by atoms with Crippen molar-refractivity contribution in [3.8, 4) is 0 Å². The molecule has 0 bridgehead atoms. The Kier molecular flexibility index (Phi) is 6.28. The number of nitrogens with zero attached hydrogens (tertiary/aromatic N) is 1. The van der Waals surface area contributed by atoms with Crippen LogP contribution in [0, 0.1) is 0 Å². The number of carbonyl (C=O) groups is 5. The van der Waals surface area contributed by atoms with Gasteiger partial charge in [-0.3, -0.25) is 19.3 Å². The molecule has 1 aliphatic carbocycles. The van der Waals surface area contributed by atoms with Crippen LogP contribution in [-0.4, -0.2) is 53.8 Å². The van der Waals surface area contributed by atoms with E-state index in [4.69, 9.17) is 9.47 Å². The molecule has 0 saturated heterocycles. The third-order valence-corrected chi connectivity index (χ3v) is 6.76. The summed E-state index contributed by atoms with van der Waals surface area (Å²) in [6.07, 6.45) is 2.51. The highest BCUT2D eigenvalue weighted by molar-refractivity contribution is 7.17. The molecule has 0 saturated carbocycles. The maximum atomic E-state index is 12.5. The average molecular weight is 471 g/mol. The lowest BCUT2D eigenvalue weighted by Crippen LogP contribution is -2.44. The van der Waals surface area contributed by atoms with Gasteiger partial charge in [-0.15, -0.1) is 11.3 Å². The van der Waals surface area contributed by atoms with Crippen molar-refractivity contribution in [2.45, 2.75) is 39.2 Å². The standard InChI is InChI=1S/C23H22N2O7S/c1-3-31-23(30)18-15-9-6-10-16(15)33-19(18)24-17(26)11-32-22(29)12(2)25-20(27)13-7-4-5-8-14(13)21(25)28/h4-5,7-8,12H,3,6,9-11H2,1-2H3,(H,24,26). The highest BCUT2D eigenvalue weighted by Gasteiger charge is 2.41. The molecule has 1 unspecified atom stereocenters. The van der Waals surface area contributed by atoms with Crippen molar-refractivity contribution in [1.82, 2.24) is 4.90 Å². The summed E-state index contributed by atoms with van der Waals surface area (Å²) < 4.78 is 10.2. The number of thiophene rings is 1. The fourth-order valence-electron chi connectivity index (χ4n) is 4.00. The van der Waals surface area contributed by atoms with E-state index in [-0.39, 0.29) is 17.7 Å². The lowest BCUT2D eigenvalue weighted by Gasteiger charge is -2.20. The molecule has 1 aliphatic heterocycles. The van der Waals surface area contributed by atoms with Crippen LogP contribution in [0.3, 0.4) is 0 Å². The van der Waals surface area contributed by atoms with E-state index < -0.39 is 42.3 Å². The number of benzene rings is 1. The minimum absolute atomic E-state index is 0.212. The quantitative estimate of drug-likeness (QED) is 0.488. The molecule has 2 aromatic rings. The van der Waals surface area contributed by atoms with Crippen molar-refractivity contribution in [3.05, 3.63) is 51.4 Å². The number of rotatable bonds is 7. The van der Waals surface area contributed by atoms with Gasteiger partial charge in [0.2, 0.25) is 0 Å². The van der Waals surface area contributed by atoms with Gasteiger partial charge in [0.25, 0.3) is 17.7 Å². The van der Waals surface area contributed by atoms with Gasteiger partial charge in [-0.05, 0) is 50.8 Å². The zero-order valence-corrected chi connectivity index (χ0v) is 19.0. The third kappa shape index (κ3) is 4.13. The Balaban J connectivity index is 1.39. The van der Waals surface area contributed by atoms with Crippen LogP contribution in [0.5, 0.6) is 0 Å². The number of esters is 2. The third-order valence-electron chi connectivity index (χ3n) is 5.55. The summed E-state index contributed by atoms with van der Waals surface area (Å²) in [4.78, 5) is 64.3. The summed E-state index contributed by atoms with van der Waals surface area (Å²) in [6, 6.07) is 5.09. The van der Waals surface area contributed by atoms with Gasteiger partial charge in [-0.25, -0.2) is 9.59 Å². The number of amides is 3. The van der Waals surface area contributed by atoms with Crippen molar-refractivity contribution >= 4 is 46.0 Å². The molecular formula is C23H22N2O7S. The molecule has 0 fully saturated rings. The zero-order chi connectivity index (χ0) is 23.7. The van der Waals surface area contributed by atoms with E-state index in [2.05, 4.69) is 5.32 Å². The Morgan fingerprint density at radius 3 is 2.39 bits per heavy atom. The Hall–Kier alpha value is -3.53. The van der Waals surface area contributed by atoms with Gasteiger partial charge in [0.05, 0.1) is 23.3 Å². The summed E-state index contributed by atoms with van der Waals surface area (Å²) in [5.74, 6) is -3.20. The SMILES string of the molecule is CCOC(=O)c1c(NC(=O)COC(=O)C(C)N2C(=O)c3ccccc3C2=O)sc2c1CCC2. The minimum Gasteiger partial charge on any atom is -0.462 e. The highest BCUT2D eigenvalue weighted by atomic mass is 32.1. The molecule has 0 spiro atoms. The number of ether oxygens (including phenoxy) is 2. The Morgan fingerprint density at radius 1 is 1.09 bits per heavy atom. The monoisotopic (exact) mass is 470 g/mol. The van der Waals surface area contributed by atoms with Crippen LogP contribution in [0.1, 0.15) is 61.8 Å². The summed E-state index contributed by atoms with van der Waals surface area (Å²) in [5.41, 5.74) is 1.69. The average Bonchev–Trinajstić information content (AvgIpc) is 3.44. The van der Waals surface area contributed by atoms with E-state index in [1.54, 1.807) is 19.1 Å². The van der Waals surface area contributed by atoms with Crippen molar-refractivity contribution < 1.29 is 33.4 Å². The van der Waals surface area contributed by atoms with E-state index in [9.17, 15) is 24.0 Å². The van der Waals surface area contributed by atoms with Crippen LogP contribution < -0.4 is 5.32 Å². The summed E-state index contributed by atoms with van der Waals surface area (Å²) in [6.45, 7) is 2.66. The lowest BCUT2D eigenvalue weighted by molar-refractivity contribution is -0.150. The van der Waals surface area contributed by atoms with E-state index >= 15 is 0 Å². The molecule has 3 amide bonds. The molecule has 1 aromatic heterocycles. The first-order valence-electron chi connectivity index (χ1n) is 10.6. The van der Waals surface area contributed by atoms with Crippen LogP contribution >= 0.6 is 11.3 Å². The van der Waals surface area contributed by atoms with Gasteiger partial charge >= 0.3 is 11.9 Å². The first-order chi connectivity index (χ1) is 15.8.